The lowest BCUT2D eigenvalue weighted by Gasteiger charge is -2.01. The molecule has 4 rings (SSSR count). The first-order valence-corrected chi connectivity index (χ1v) is 7.51. The summed E-state index contributed by atoms with van der Waals surface area (Å²) in [5.41, 5.74) is 8.09. The molecule has 0 bridgehead atoms. The summed E-state index contributed by atoms with van der Waals surface area (Å²) >= 11 is 0. The standard InChI is InChI=1S/C17H14N6O2/c1-24-13-9-7-11(8-10-13)16-19-17(25-21-16)14-15(18)23(22-20-14)12-5-3-2-4-6-12/h2-10H,18H2,1H3. The first kappa shape index (κ1) is 14.9. The van der Waals surface area contributed by atoms with Crippen molar-refractivity contribution in [3.05, 3.63) is 54.6 Å². The van der Waals surface area contributed by atoms with Crippen LogP contribution in [0.4, 0.5) is 5.82 Å². The third-order valence-corrected chi connectivity index (χ3v) is 3.68. The second kappa shape index (κ2) is 6.08. The Morgan fingerprint density at radius 2 is 1.80 bits per heavy atom. The molecule has 0 aliphatic rings. The number of benzene rings is 2. The highest BCUT2D eigenvalue weighted by Crippen LogP contribution is 2.26. The Bertz CT molecular complexity index is 992. The van der Waals surface area contributed by atoms with E-state index in [9.17, 15) is 0 Å². The van der Waals surface area contributed by atoms with Crippen LogP contribution in [-0.2, 0) is 0 Å². The summed E-state index contributed by atoms with van der Waals surface area (Å²) in [7, 11) is 1.61. The Hall–Kier alpha value is -3.68. The van der Waals surface area contributed by atoms with Crippen molar-refractivity contribution in [1.82, 2.24) is 25.1 Å². The molecule has 0 spiro atoms. The topological polar surface area (TPSA) is 105 Å². The summed E-state index contributed by atoms with van der Waals surface area (Å²) in [6.45, 7) is 0. The second-order valence-corrected chi connectivity index (χ2v) is 5.22. The number of nitrogens with zero attached hydrogens (tertiary/aromatic N) is 5. The molecule has 2 aromatic carbocycles. The number of nitrogen functional groups attached to an aromatic ring is 1. The van der Waals surface area contributed by atoms with Gasteiger partial charge in [-0.2, -0.15) is 9.67 Å². The predicted molar refractivity (Wildman–Crippen MR) is 91.1 cm³/mol. The Morgan fingerprint density at radius 3 is 2.52 bits per heavy atom. The molecule has 0 saturated carbocycles. The zero-order chi connectivity index (χ0) is 17.2. The normalized spacial score (nSPS) is 10.8. The number of nitrogens with two attached hydrogens (primary N) is 1. The molecule has 0 fully saturated rings. The van der Waals surface area contributed by atoms with Gasteiger partial charge in [-0.1, -0.05) is 28.6 Å². The largest absolute Gasteiger partial charge is 0.497 e. The summed E-state index contributed by atoms with van der Waals surface area (Å²) in [6.07, 6.45) is 0. The van der Waals surface area contributed by atoms with Gasteiger partial charge in [0.25, 0.3) is 5.89 Å². The summed E-state index contributed by atoms with van der Waals surface area (Å²) in [5.74, 6) is 1.73. The SMILES string of the molecule is COc1ccc(-c2noc(-c3nnn(-c4ccccc4)c3N)n2)cc1. The van der Waals surface area contributed by atoms with Gasteiger partial charge in [-0.25, -0.2) is 0 Å². The van der Waals surface area contributed by atoms with Crippen LogP contribution < -0.4 is 10.5 Å². The van der Waals surface area contributed by atoms with Crippen molar-refractivity contribution in [3.8, 4) is 34.4 Å². The Labute approximate surface area is 142 Å². The molecule has 0 radical (unpaired) electrons. The molecule has 0 aliphatic carbocycles. The average molecular weight is 334 g/mol. The van der Waals surface area contributed by atoms with Crippen molar-refractivity contribution in [1.29, 1.82) is 0 Å². The molecule has 0 saturated heterocycles. The van der Waals surface area contributed by atoms with Crippen molar-refractivity contribution < 1.29 is 9.26 Å². The summed E-state index contributed by atoms with van der Waals surface area (Å²) in [4.78, 5) is 4.36. The molecule has 25 heavy (non-hydrogen) atoms. The molecule has 0 aliphatic heterocycles. The van der Waals surface area contributed by atoms with E-state index in [1.807, 2.05) is 54.6 Å². The van der Waals surface area contributed by atoms with E-state index in [0.717, 1.165) is 17.0 Å². The van der Waals surface area contributed by atoms with Crippen LogP contribution in [0.15, 0.2) is 59.1 Å². The minimum absolute atomic E-state index is 0.213. The van der Waals surface area contributed by atoms with Crippen molar-refractivity contribution in [2.75, 3.05) is 12.8 Å². The molecule has 0 amide bonds. The van der Waals surface area contributed by atoms with E-state index in [-0.39, 0.29) is 5.89 Å². The molecule has 0 unspecified atom stereocenters. The van der Waals surface area contributed by atoms with Gasteiger partial charge in [-0.05, 0) is 36.4 Å². The lowest BCUT2D eigenvalue weighted by Crippen LogP contribution is -2.01. The number of para-hydroxylation sites is 1. The van der Waals surface area contributed by atoms with Crippen LogP contribution in [-0.4, -0.2) is 32.2 Å². The van der Waals surface area contributed by atoms with Gasteiger partial charge in [-0.3, -0.25) is 0 Å². The van der Waals surface area contributed by atoms with E-state index in [0.29, 0.717) is 17.3 Å². The Morgan fingerprint density at radius 1 is 1.04 bits per heavy atom. The van der Waals surface area contributed by atoms with Gasteiger partial charge in [0.15, 0.2) is 11.5 Å². The van der Waals surface area contributed by atoms with E-state index < -0.39 is 0 Å². The van der Waals surface area contributed by atoms with Crippen LogP contribution in [0.1, 0.15) is 0 Å². The monoisotopic (exact) mass is 334 g/mol. The van der Waals surface area contributed by atoms with Crippen LogP contribution >= 0.6 is 0 Å². The molecule has 2 heterocycles. The molecule has 2 N–H and O–H groups in total. The molecule has 124 valence electrons. The van der Waals surface area contributed by atoms with Crippen molar-refractivity contribution in [2.24, 2.45) is 0 Å². The molecule has 8 heteroatoms. The molecule has 8 nitrogen and oxygen atoms in total. The zero-order valence-corrected chi connectivity index (χ0v) is 13.3. The van der Waals surface area contributed by atoms with E-state index in [1.165, 1.54) is 4.68 Å². The number of ether oxygens (including phenoxy) is 1. The highest BCUT2D eigenvalue weighted by Gasteiger charge is 2.19. The van der Waals surface area contributed by atoms with Gasteiger partial charge in [0, 0.05) is 5.56 Å². The average Bonchev–Trinajstić information content (AvgIpc) is 3.29. The summed E-state index contributed by atoms with van der Waals surface area (Å²) < 4.78 is 12.0. The number of hydrogen-bond acceptors (Lipinski definition) is 7. The fourth-order valence-corrected chi connectivity index (χ4v) is 2.38. The zero-order valence-electron chi connectivity index (χ0n) is 13.3. The highest BCUT2D eigenvalue weighted by atomic mass is 16.5. The maximum Gasteiger partial charge on any atom is 0.282 e. The number of methoxy groups -OCH3 is 1. The highest BCUT2D eigenvalue weighted by molar-refractivity contribution is 5.66. The third-order valence-electron chi connectivity index (χ3n) is 3.68. The van der Waals surface area contributed by atoms with Gasteiger partial charge in [0.2, 0.25) is 5.82 Å². The van der Waals surface area contributed by atoms with Crippen LogP contribution in [0.25, 0.3) is 28.7 Å². The maximum atomic E-state index is 6.15. The van der Waals surface area contributed by atoms with Crippen molar-refractivity contribution >= 4 is 5.82 Å². The van der Waals surface area contributed by atoms with Crippen LogP contribution in [0.2, 0.25) is 0 Å². The van der Waals surface area contributed by atoms with Crippen LogP contribution in [0.3, 0.4) is 0 Å². The first-order chi connectivity index (χ1) is 12.3. The second-order valence-electron chi connectivity index (χ2n) is 5.22. The predicted octanol–water partition coefficient (Wildman–Crippen LogP) is 2.58. The van der Waals surface area contributed by atoms with Gasteiger partial charge >= 0.3 is 0 Å². The Kier molecular flexibility index (Phi) is 3.62. The lowest BCUT2D eigenvalue weighted by molar-refractivity contribution is 0.414. The molecule has 2 aromatic heterocycles. The van der Waals surface area contributed by atoms with Gasteiger partial charge < -0.3 is 15.0 Å². The Balaban J connectivity index is 1.67. The van der Waals surface area contributed by atoms with Gasteiger partial charge in [0.05, 0.1) is 12.8 Å². The quantitative estimate of drug-likeness (QED) is 0.611. The number of aromatic nitrogens is 5. The molecule has 0 atom stereocenters. The smallest absolute Gasteiger partial charge is 0.282 e. The fraction of sp³-hybridized carbons (Fsp3) is 0.0588. The maximum absolute atomic E-state index is 6.15. The third kappa shape index (κ3) is 2.69. The van der Waals surface area contributed by atoms with Crippen molar-refractivity contribution in [2.45, 2.75) is 0 Å². The van der Waals surface area contributed by atoms with E-state index in [2.05, 4.69) is 20.5 Å². The fourth-order valence-electron chi connectivity index (χ4n) is 2.38. The minimum atomic E-state index is 0.213. The summed E-state index contributed by atoms with van der Waals surface area (Å²) in [6, 6.07) is 16.8. The van der Waals surface area contributed by atoms with E-state index in [1.54, 1.807) is 7.11 Å². The molecule has 4 aromatic rings. The minimum Gasteiger partial charge on any atom is -0.497 e. The number of hydrogen-bond donors (Lipinski definition) is 1. The van der Waals surface area contributed by atoms with E-state index in [4.69, 9.17) is 15.0 Å². The molecular weight excluding hydrogens is 320 g/mol. The summed E-state index contributed by atoms with van der Waals surface area (Å²) in [5, 5.41) is 12.1. The number of anilines is 1. The molecular formula is C17H14N6O2. The van der Waals surface area contributed by atoms with Crippen LogP contribution in [0.5, 0.6) is 5.75 Å². The lowest BCUT2D eigenvalue weighted by atomic mass is 10.2. The van der Waals surface area contributed by atoms with Crippen molar-refractivity contribution in [3.63, 3.8) is 0 Å². The number of rotatable bonds is 4. The van der Waals surface area contributed by atoms with Crippen LogP contribution in [0, 0.1) is 0 Å². The van der Waals surface area contributed by atoms with Gasteiger partial charge in [-0.15, -0.1) is 5.10 Å². The van der Waals surface area contributed by atoms with Gasteiger partial charge in [0.1, 0.15) is 5.75 Å². The van der Waals surface area contributed by atoms with E-state index >= 15 is 0 Å². The first-order valence-electron chi connectivity index (χ1n) is 7.51.